The van der Waals surface area contributed by atoms with Gasteiger partial charge in [-0.3, -0.25) is 19.4 Å². The van der Waals surface area contributed by atoms with Crippen LogP contribution in [-0.4, -0.2) is 94.4 Å². The second-order valence-corrected chi connectivity index (χ2v) is 8.56. The predicted molar refractivity (Wildman–Crippen MR) is 130 cm³/mol. The Hall–Kier alpha value is -2.23. The Labute approximate surface area is 202 Å². The van der Waals surface area contributed by atoms with E-state index < -0.39 is 54.0 Å². The van der Waals surface area contributed by atoms with Gasteiger partial charge >= 0.3 is 5.97 Å². The maximum absolute atomic E-state index is 12.6. The van der Waals surface area contributed by atoms with Crippen LogP contribution in [-0.2, 0) is 19.2 Å². The van der Waals surface area contributed by atoms with Crippen molar-refractivity contribution in [1.82, 2.24) is 16.0 Å². The van der Waals surface area contributed by atoms with Gasteiger partial charge in [-0.15, -0.1) is 0 Å². The molecule has 0 aromatic carbocycles. The van der Waals surface area contributed by atoms with Crippen LogP contribution < -0.4 is 33.2 Å². The molecule has 5 unspecified atom stereocenters. The number of carbonyl (C=O) groups is 4. The topological polar surface area (TPSA) is 235 Å². The minimum atomic E-state index is -1.44. The van der Waals surface area contributed by atoms with E-state index in [4.69, 9.17) is 17.2 Å². The van der Waals surface area contributed by atoms with Gasteiger partial charge in [-0.1, -0.05) is 0 Å². The summed E-state index contributed by atoms with van der Waals surface area (Å²) in [4.78, 5) is 52.6. The van der Waals surface area contributed by atoms with Crippen molar-refractivity contribution in [3.63, 3.8) is 0 Å². The number of thiol groups is 1. The van der Waals surface area contributed by atoms with Crippen LogP contribution in [0.4, 0.5) is 0 Å². The van der Waals surface area contributed by atoms with E-state index in [2.05, 4.69) is 33.6 Å². The monoisotopic (exact) mass is 509 g/mol. The van der Waals surface area contributed by atoms with E-state index in [1.54, 1.807) is 6.26 Å². The van der Waals surface area contributed by atoms with Crippen LogP contribution in [0, 0.1) is 0 Å². The molecule has 190 valence electrons. The number of carboxylic acid groups (broad SMARTS) is 1. The van der Waals surface area contributed by atoms with Gasteiger partial charge in [0.25, 0.3) is 0 Å². The van der Waals surface area contributed by atoms with Crippen LogP contribution in [0.1, 0.15) is 26.2 Å². The summed E-state index contributed by atoms with van der Waals surface area (Å²) in [6.45, 7) is 1.56. The summed E-state index contributed by atoms with van der Waals surface area (Å²) >= 11 is 5.46. The van der Waals surface area contributed by atoms with Crippen molar-refractivity contribution in [2.24, 2.45) is 22.2 Å². The molecule has 0 bridgehead atoms. The third-order valence-electron chi connectivity index (χ3n) is 4.41. The summed E-state index contributed by atoms with van der Waals surface area (Å²) in [6.07, 6.45) is 1.32. The van der Waals surface area contributed by atoms with Crippen LogP contribution in [0.5, 0.6) is 0 Å². The highest BCUT2D eigenvalue weighted by atomic mass is 32.2. The number of nitrogens with zero attached hydrogens (tertiary/aromatic N) is 1. The van der Waals surface area contributed by atoms with Gasteiger partial charge in [-0.25, -0.2) is 4.79 Å². The van der Waals surface area contributed by atoms with E-state index in [0.29, 0.717) is 18.7 Å². The Bertz CT molecular complexity index is 691. The number of guanidine groups is 1. The van der Waals surface area contributed by atoms with Gasteiger partial charge in [-0.05, 0) is 38.2 Å². The molecule has 0 aliphatic carbocycles. The largest absolute Gasteiger partial charge is 0.480 e. The standard InChI is InChI=1S/C18H35N7O6S2/c1-9(26)13(16(29)23-11(17(30)31)5-7-33-2)25-15(28)12(8-32)24-14(27)10(19)4-3-6-22-18(20)21/h9-13,26,32H,3-8,19H2,1-2H3,(H,23,29)(H,24,27)(H,25,28)(H,30,31)(H4,20,21,22). The molecule has 0 radical (unpaired) electrons. The molecular formula is C18H35N7O6S2. The normalized spacial score (nSPS) is 15.3. The number of hydrogen-bond acceptors (Lipinski definition) is 9. The molecule has 3 amide bonds. The lowest BCUT2D eigenvalue weighted by Crippen LogP contribution is -2.60. The number of carbonyl (C=O) groups excluding carboxylic acids is 3. The zero-order valence-electron chi connectivity index (χ0n) is 18.7. The minimum absolute atomic E-state index is 0.0736. The van der Waals surface area contributed by atoms with E-state index >= 15 is 0 Å². The summed E-state index contributed by atoms with van der Waals surface area (Å²) < 4.78 is 0. The molecule has 5 atom stereocenters. The van der Waals surface area contributed by atoms with Crippen molar-refractivity contribution < 1.29 is 29.4 Å². The molecule has 0 aromatic rings. The van der Waals surface area contributed by atoms with Crippen molar-refractivity contribution in [2.75, 3.05) is 24.3 Å². The smallest absolute Gasteiger partial charge is 0.326 e. The molecule has 0 aliphatic heterocycles. The molecule has 0 saturated carbocycles. The van der Waals surface area contributed by atoms with Gasteiger partial charge in [0, 0.05) is 12.3 Å². The van der Waals surface area contributed by atoms with Gasteiger partial charge in [-0.2, -0.15) is 24.4 Å². The van der Waals surface area contributed by atoms with Gasteiger partial charge in [0.05, 0.1) is 12.1 Å². The number of aliphatic imine (C=N–C) groups is 1. The molecule has 0 saturated heterocycles. The number of aliphatic carboxylic acids is 1. The molecule has 0 rings (SSSR count). The first-order chi connectivity index (χ1) is 15.4. The number of nitrogens with two attached hydrogens (primary N) is 3. The van der Waals surface area contributed by atoms with E-state index in [-0.39, 0.29) is 24.6 Å². The number of hydrogen-bond donors (Lipinski definition) is 9. The third-order valence-corrected chi connectivity index (χ3v) is 5.42. The number of thioether (sulfide) groups is 1. The average molecular weight is 510 g/mol. The van der Waals surface area contributed by atoms with Crippen LogP contribution in [0.3, 0.4) is 0 Å². The minimum Gasteiger partial charge on any atom is -0.480 e. The molecule has 0 fully saturated rings. The first-order valence-electron chi connectivity index (χ1n) is 10.2. The van der Waals surface area contributed by atoms with Crippen molar-refractivity contribution in [1.29, 1.82) is 0 Å². The van der Waals surface area contributed by atoms with Gasteiger partial charge in [0.15, 0.2) is 5.96 Å². The number of amides is 3. The lowest BCUT2D eigenvalue weighted by Gasteiger charge is -2.26. The lowest BCUT2D eigenvalue weighted by atomic mass is 10.1. The molecule has 0 heterocycles. The predicted octanol–water partition coefficient (Wildman–Crippen LogP) is -3.03. The van der Waals surface area contributed by atoms with Crippen molar-refractivity contribution in [3.8, 4) is 0 Å². The summed E-state index contributed by atoms with van der Waals surface area (Å²) in [6, 6.07) is -4.70. The maximum atomic E-state index is 12.6. The molecule has 33 heavy (non-hydrogen) atoms. The van der Waals surface area contributed by atoms with Gasteiger partial charge in [0.2, 0.25) is 17.7 Å². The second kappa shape index (κ2) is 16.4. The highest BCUT2D eigenvalue weighted by Crippen LogP contribution is 2.04. The summed E-state index contributed by atoms with van der Waals surface area (Å²) in [5.74, 6) is -3.20. The van der Waals surface area contributed by atoms with E-state index in [1.165, 1.54) is 18.7 Å². The number of carboxylic acids is 1. The van der Waals surface area contributed by atoms with Crippen molar-refractivity contribution >= 4 is 54.0 Å². The Morgan fingerprint density at radius 3 is 2.12 bits per heavy atom. The molecular weight excluding hydrogens is 474 g/mol. The average Bonchev–Trinajstić information content (AvgIpc) is 2.74. The quantitative estimate of drug-likeness (QED) is 0.0441. The fourth-order valence-electron chi connectivity index (χ4n) is 2.54. The zero-order valence-corrected chi connectivity index (χ0v) is 20.4. The Morgan fingerprint density at radius 1 is 1.03 bits per heavy atom. The number of nitrogens with one attached hydrogen (secondary N) is 3. The summed E-state index contributed by atoms with van der Waals surface area (Å²) in [7, 11) is 0. The van der Waals surface area contributed by atoms with Crippen LogP contribution in [0.2, 0.25) is 0 Å². The molecule has 11 N–H and O–H groups in total. The zero-order chi connectivity index (χ0) is 25.6. The summed E-state index contributed by atoms with van der Waals surface area (Å²) in [5.41, 5.74) is 16.3. The first-order valence-corrected chi connectivity index (χ1v) is 12.2. The number of aliphatic hydroxyl groups is 1. The number of rotatable bonds is 16. The Balaban J connectivity index is 5.02. The fraction of sp³-hybridized carbons (Fsp3) is 0.722. The van der Waals surface area contributed by atoms with E-state index in [0.717, 1.165) is 0 Å². The first kappa shape index (κ1) is 30.8. The molecule has 0 spiro atoms. The second-order valence-electron chi connectivity index (χ2n) is 7.21. The third kappa shape index (κ3) is 12.6. The van der Waals surface area contributed by atoms with Crippen molar-refractivity contribution in [3.05, 3.63) is 0 Å². The SMILES string of the molecule is CSCCC(NC(=O)C(NC(=O)C(CS)NC(=O)C(N)CCCN=C(N)N)C(C)O)C(=O)O. The van der Waals surface area contributed by atoms with Gasteiger partial charge in [0.1, 0.15) is 18.1 Å². The van der Waals surface area contributed by atoms with Crippen molar-refractivity contribution in [2.45, 2.75) is 56.5 Å². The number of aliphatic hydroxyl groups excluding tert-OH is 1. The fourth-order valence-corrected chi connectivity index (χ4v) is 3.27. The van der Waals surface area contributed by atoms with E-state index in [9.17, 15) is 29.4 Å². The maximum Gasteiger partial charge on any atom is 0.326 e. The highest BCUT2D eigenvalue weighted by molar-refractivity contribution is 7.98. The van der Waals surface area contributed by atoms with Crippen LogP contribution in [0.25, 0.3) is 0 Å². The molecule has 0 aromatic heterocycles. The molecule has 13 nitrogen and oxygen atoms in total. The summed E-state index contributed by atoms with van der Waals surface area (Å²) in [5, 5.41) is 26.3. The Morgan fingerprint density at radius 2 is 1.64 bits per heavy atom. The molecule has 15 heteroatoms. The van der Waals surface area contributed by atoms with Crippen LogP contribution >= 0.6 is 24.4 Å². The van der Waals surface area contributed by atoms with E-state index in [1.807, 2.05) is 0 Å². The van der Waals surface area contributed by atoms with Gasteiger partial charge < -0.3 is 43.4 Å². The highest BCUT2D eigenvalue weighted by Gasteiger charge is 2.32. The molecule has 0 aliphatic rings. The van der Waals surface area contributed by atoms with Crippen LogP contribution in [0.15, 0.2) is 4.99 Å². The Kier molecular flexibility index (Phi) is 15.3. The lowest BCUT2D eigenvalue weighted by molar-refractivity contribution is -0.143.